The van der Waals surface area contributed by atoms with Gasteiger partial charge in [0.05, 0.1) is 12.0 Å². The van der Waals surface area contributed by atoms with Gasteiger partial charge in [-0.1, -0.05) is 38.1 Å². The van der Waals surface area contributed by atoms with Gasteiger partial charge in [-0.05, 0) is 41.5 Å². The summed E-state index contributed by atoms with van der Waals surface area (Å²) in [4.78, 5) is 10.3. The molecular formula is C18H21NO3. The van der Waals surface area contributed by atoms with Crippen molar-refractivity contribution in [2.45, 2.75) is 32.1 Å². The van der Waals surface area contributed by atoms with Crippen molar-refractivity contribution < 1.29 is 9.66 Å². The third-order valence-electron chi connectivity index (χ3n) is 4.06. The molecule has 0 aliphatic heterocycles. The van der Waals surface area contributed by atoms with Crippen LogP contribution in [0.15, 0.2) is 48.5 Å². The largest absolute Gasteiger partial charge is 0.497 e. The van der Waals surface area contributed by atoms with Crippen LogP contribution in [0.2, 0.25) is 0 Å². The maximum Gasteiger partial charge on any atom is 0.269 e. The first kappa shape index (κ1) is 16.0. The Morgan fingerprint density at radius 1 is 0.955 bits per heavy atom. The smallest absolute Gasteiger partial charge is 0.269 e. The van der Waals surface area contributed by atoms with Crippen LogP contribution >= 0.6 is 0 Å². The molecule has 0 spiro atoms. The maximum absolute atomic E-state index is 10.7. The molecule has 0 aliphatic rings. The van der Waals surface area contributed by atoms with Crippen LogP contribution in [0, 0.1) is 10.1 Å². The van der Waals surface area contributed by atoms with E-state index in [0.717, 1.165) is 17.7 Å². The molecule has 0 fully saturated rings. The molecule has 0 heterocycles. The molecular weight excluding hydrogens is 278 g/mol. The van der Waals surface area contributed by atoms with E-state index in [1.165, 1.54) is 5.56 Å². The minimum Gasteiger partial charge on any atom is -0.497 e. The highest BCUT2D eigenvalue weighted by Crippen LogP contribution is 2.30. The summed E-state index contributed by atoms with van der Waals surface area (Å²) in [7, 11) is 1.66. The van der Waals surface area contributed by atoms with E-state index in [0.29, 0.717) is 11.8 Å². The van der Waals surface area contributed by atoms with Gasteiger partial charge in [-0.3, -0.25) is 10.1 Å². The highest BCUT2D eigenvalue weighted by atomic mass is 16.6. The highest BCUT2D eigenvalue weighted by molar-refractivity contribution is 5.35. The van der Waals surface area contributed by atoms with Crippen molar-refractivity contribution in [3.63, 3.8) is 0 Å². The Hall–Kier alpha value is -2.36. The number of non-ortho nitro benzene ring substituents is 1. The fourth-order valence-electron chi connectivity index (χ4n) is 2.66. The Bertz CT molecular complexity index is 620. The lowest BCUT2D eigenvalue weighted by atomic mass is 9.87. The zero-order chi connectivity index (χ0) is 16.1. The van der Waals surface area contributed by atoms with Crippen molar-refractivity contribution in [1.82, 2.24) is 0 Å². The van der Waals surface area contributed by atoms with Crippen LogP contribution in [-0.2, 0) is 0 Å². The van der Waals surface area contributed by atoms with Gasteiger partial charge in [-0.15, -0.1) is 0 Å². The van der Waals surface area contributed by atoms with Crippen LogP contribution in [0.5, 0.6) is 5.75 Å². The van der Waals surface area contributed by atoms with E-state index in [1.807, 2.05) is 24.3 Å². The lowest BCUT2D eigenvalue weighted by Gasteiger charge is -2.18. The van der Waals surface area contributed by atoms with E-state index < -0.39 is 0 Å². The standard InChI is InChI=1S/C18H21NO3/c1-13(15-4-8-17(9-5-15)19(20)21)12-14(2)16-6-10-18(22-3)11-7-16/h4-11,13-14H,12H2,1-3H3. The molecule has 0 saturated heterocycles. The van der Waals surface area contributed by atoms with Crippen molar-refractivity contribution in [2.75, 3.05) is 7.11 Å². The summed E-state index contributed by atoms with van der Waals surface area (Å²) in [6.45, 7) is 4.35. The number of rotatable bonds is 6. The molecule has 116 valence electrons. The van der Waals surface area contributed by atoms with Gasteiger partial charge in [0.2, 0.25) is 0 Å². The van der Waals surface area contributed by atoms with Crippen LogP contribution in [0.1, 0.15) is 43.2 Å². The zero-order valence-corrected chi connectivity index (χ0v) is 13.2. The van der Waals surface area contributed by atoms with E-state index in [4.69, 9.17) is 4.74 Å². The summed E-state index contributed by atoms with van der Waals surface area (Å²) in [5.41, 5.74) is 2.54. The van der Waals surface area contributed by atoms with Crippen LogP contribution in [0.25, 0.3) is 0 Å². The molecule has 2 aromatic rings. The second-order valence-corrected chi connectivity index (χ2v) is 5.66. The Kier molecular flexibility index (Phi) is 5.15. The Labute approximate surface area is 130 Å². The summed E-state index contributed by atoms with van der Waals surface area (Å²) in [6, 6.07) is 15.0. The second kappa shape index (κ2) is 7.07. The molecule has 0 N–H and O–H groups in total. The molecule has 2 atom stereocenters. The predicted molar refractivity (Wildman–Crippen MR) is 87.5 cm³/mol. The van der Waals surface area contributed by atoms with Crippen molar-refractivity contribution in [1.29, 1.82) is 0 Å². The van der Waals surface area contributed by atoms with Gasteiger partial charge in [0.15, 0.2) is 0 Å². The third kappa shape index (κ3) is 3.85. The molecule has 4 heteroatoms. The average Bonchev–Trinajstić information content (AvgIpc) is 2.54. The summed E-state index contributed by atoms with van der Waals surface area (Å²) >= 11 is 0. The molecule has 0 bridgehead atoms. The maximum atomic E-state index is 10.7. The number of hydrogen-bond acceptors (Lipinski definition) is 3. The molecule has 0 radical (unpaired) electrons. The Balaban J connectivity index is 2.03. The summed E-state index contributed by atoms with van der Waals surface area (Å²) in [6.07, 6.45) is 0.990. The lowest BCUT2D eigenvalue weighted by Crippen LogP contribution is -2.01. The van der Waals surface area contributed by atoms with Gasteiger partial charge >= 0.3 is 0 Å². The molecule has 0 aromatic heterocycles. The number of methoxy groups -OCH3 is 1. The van der Waals surface area contributed by atoms with E-state index in [2.05, 4.69) is 26.0 Å². The molecule has 22 heavy (non-hydrogen) atoms. The normalized spacial score (nSPS) is 13.4. The van der Waals surface area contributed by atoms with Crippen LogP contribution in [-0.4, -0.2) is 12.0 Å². The third-order valence-corrected chi connectivity index (χ3v) is 4.06. The van der Waals surface area contributed by atoms with Gasteiger partial charge in [0.25, 0.3) is 5.69 Å². The first-order valence-electron chi connectivity index (χ1n) is 7.39. The fourth-order valence-corrected chi connectivity index (χ4v) is 2.66. The van der Waals surface area contributed by atoms with Gasteiger partial charge in [-0.2, -0.15) is 0 Å². The zero-order valence-electron chi connectivity index (χ0n) is 13.2. The van der Waals surface area contributed by atoms with Gasteiger partial charge in [-0.25, -0.2) is 0 Å². The molecule has 2 rings (SSSR count). The van der Waals surface area contributed by atoms with E-state index >= 15 is 0 Å². The summed E-state index contributed by atoms with van der Waals surface area (Å²) < 4.78 is 5.17. The average molecular weight is 299 g/mol. The van der Waals surface area contributed by atoms with Crippen molar-refractivity contribution in [3.05, 3.63) is 69.8 Å². The summed E-state index contributed by atoms with van der Waals surface area (Å²) in [5.74, 6) is 1.62. The number of benzene rings is 2. The number of nitro groups is 1. The summed E-state index contributed by atoms with van der Waals surface area (Å²) in [5, 5.41) is 10.7. The number of nitrogens with zero attached hydrogens (tertiary/aromatic N) is 1. The van der Waals surface area contributed by atoms with Crippen molar-refractivity contribution >= 4 is 5.69 Å². The minimum absolute atomic E-state index is 0.138. The minimum atomic E-state index is -0.367. The SMILES string of the molecule is COc1ccc(C(C)CC(C)c2ccc([N+](=O)[O-])cc2)cc1. The number of hydrogen-bond donors (Lipinski definition) is 0. The first-order valence-corrected chi connectivity index (χ1v) is 7.39. The van der Waals surface area contributed by atoms with Crippen LogP contribution in [0.4, 0.5) is 5.69 Å². The monoisotopic (exact) mass is 299 g/mol. The number of nitro benzene ring substituents is 1. The van der Waals surface area contributed by atoms with Gasteiger partial charge < -0.3 is 4.74 Å². The molecule has 2 aromatic carbocycles. The van der Waals surface area contributed by atoms with Crippen LogP contribution in [0.3, 0.4) is 0 Å². The predicted octanol–water partition coefficient (Wildman–Crippen LogP) is 4.90. The Morgan fingerprint density at radius 2 is 1.41 bits per heavy atom. The number of ether oxygens (including phenoxy) is 1. The highest BCUT2D eigenvalue weighted by Gasteiger charge is 2.14. The molecule has 0 amide bonds. The molecule has 0 aliphatic carbocycles. The molecule has 2 unspecified atom stereocenters. The first-order chi connectivity index (χ1) is 10.5. The Morgan fingerprint density at radius 3 is 1.82 bits per heavy atom. The quantitative estimate of drug-likeness (QED) is 0.563. The second-order valence-electron chi connectivity index (χ2n) is 5.66. The van der Waals surface area contributed by atoms with E-state index in [-0.39, 0.29) is 10.6 Å². The van der Waals surface area contributed by atoms with Crippen molar-refractivity contribution in [3.8, 4) is 5.75 Å². The molecule has 0 saturated carbocycles. The molecule has 4 nitrogen and oxygen atoms in total. The van der Waals surface area contributed by atoms with Gasteiger partial charge in [0, 0.05) is 12.1 Å². The topological polar surface area (TPSA) is 52.4 Å². The van der Waals surface area contributed by atoms with Gasteiger partial charge in [0.1, 0.15) is 5.75 Å². The fraction of sp³-hybridized carbons (Fsp3) is 0.333. The lowest BCUT2D eigenvalue weighted by molar-refractivity contribution is -0.384. The van der Waals surface area contributed by atoms with Crippen molar-refractivity contribution in [2.24, 2.45) is 0 Å². The van der Waals surface area contributed by atoms with E-state index in [1.54, 1.807) is 19.2 Å². The van der Waals surface area contributed by atoms with E-state index in [9.17, 15) is 10.1 Å². The van der Waals surface area contributed by atoms with Crippen LogP contribution < -0.4 is 4.74 Å².